The average molecular weight is 337 g/mol. The summed E-state index contributed by atoms with van der Waals surface area (Å²) in [6.07, 6.45) is 0. The van der Waals surface area contributed by atoms with E-state index < -0.39 is 0 Å². The zero-order chi connectivity index (χ0) is 17.1. The van der Waals surface area contributed by atoms with Crippen molar-refractivity contribution < 1.29 is 9.53 Å². The average Bonchev–Trinajstić information content (AvgIpc) is 2.59. The number of carbonyl (C=O) groups excluding carboxylic acids is 1. The molecule has 0 radical (unpaired) electrons. The predicted molar refractivity (Wildman–Crippen MR) is 97.3 cm³/mol. The Kier molecular flexibility index (Phi) is 4.68. The topological polar surface area (TPSA) is 26.3 Å². The molecule has 0 heterocycles. The third-order valence-corrected chi connectivity index (χ3v) is 4.19. The molecule has 120 valence electrons. The Hall–Kier alpha value is -2.58. The van der Waals surface area contributed by atoms with E-state index in [4.69, 9.17) is 16.3 Å². The normalized spacial score (nSPS) is 10.5. The van der Waals surface area contributed by atoms with Gasteiger partial charge in [-0.15, -0.1) is 0 Å². The summed E-state index contributed by atoms with van der Waals surface area (Å²) in [4.78, 5) is 12.4. The molecule has 24 heavy (non-hydrogen) atoms. The molecule has 0 fully saturated rings. The van der Waals surface area contributed by atoms with Gasteiger partial charge >= 0.3 is 0 Å². The van der Waals surface area contributed by atoms with Crippen molar-refractivity contribution in [1.29, 1.82) is 0 Å². The minimum Gasteiger partial charge on any atom is -0.457 e. The largest absolute Gasteiger partial charge is 0.457 e. The van der Waals surface area contributed by atoms with Crippen molar-refractivity contribution in [3.8, 4) is 11.5 Å². The molecule has 0 amide bonds. The summed E-state index contributed by atoms with van der Waals surface area (Å²) < 4.78 is 5.84. The Labute approximate surface area is 146 Å². The molecule has 3 heteroatoms. The summed E-state index contributed by atoms with van der Waals surface area (Å²) in [6.45, 7) is 4.12. The maximum atomic E-state index is 12.4. The van der Waals surface area contributed by atoms with Crippen molar-refractivity contribution in [2.45, 2.75) is 13.8 Å². The minimum absolute atomic E-state index is 0.0376. The summed E-state index contributed by atoms with van der Waals surface area (Å²) >= 11 is 5.85. The van der Waals surface area contributed by atoms with Gasteiger partial charge in [0.1, 0.15) is 11.5 Å². The highest BCUT2D eigenvalue weighted by Gasteiger charge is 2.09. The lowest BCUT2D eigenvalue weighted by Crippen LogP contribution is -2.00. The number of ether oxygens (including phenoxy) is 1. The van der Waals surface area contributed by atoms with Crippen LogP contribution in [-0.2, 0) is 0 Å². The van der Waals surface area contributed by atoms with Crippen LogP contribution in [0.4, 0.5) is 0 Å². The van der Waals surface area contributed by atoms with E-state index in [0.717, 1.165) is 5.75 Å². The molecule has 0 atom stereocenters. The summed E-state index contributed by atoms with van der Waals surface area (Å²) in [5.74, 6) is 1.45. The molecule has 0 spiro atoms. The molecule has 0 aromatic heterocycles. The number of aryl methyl sites for hydroxylation is 2. The maximum absolute atomic E-state index is 12.4. The Bertz CT molecular complexity index is 865. The zero-order valence-electron chi connectivity index (χ0n) is 13.5. The second-order valence-corrected chi connectivity index (χ2v) is 6.14. The van der Waals surface area contributed by atoms with Gasteiger partial charge in [-0.25, -0.2) is 0 Å². The molecular formula is C21H17ClO2. The van der Waals surface area contributed by atoms with Crippen LogP contribution in [0.15, 0.2) is 66.7 Å². The van der Waals surface area contributed by atoms with Gasteiger partial charge in [-0.2, -0.15) is 0 Å². The van der Waals surface area contributed by atoms with Crippen LogP contribution in [0.3, 0.4) is 0 Å². The first-order valence-corrected chi connectivity index (χ1v) is 8.06. The summed E-state index contributed by atoms with van der Waals surface area (Å²) in [5.41, 5.74) is 3.64. The second kappa shape index (κ2) is 6.90. The van der Waals surface area contributed by atoms with Gasteiger partial charge in [-0.1, -0.05) is 17.7 Å². The fourth-order valence-corrected chi connectivity index (χ4v) is 2.48. The first kappa shape index (κ1) is 16.3. The van der Waals surface area contributed by atoms with Crippen molar-refractivity contribution in [2.75, 3.05) is 0 Å². The Balaban J connectivity index is 1.76. The number of ketones is 1. The van der Waals surface area contributed by atoms with Crippen LogP contribution in [0.25, 0.3) is 0 Å². The van der Waals surface area contributed by atoms with Gasteiger partial charge in [-0.3, -0.25) is 4.79 Å². The monoisotopic (exact) mass is 336 g/mol. The molecule has 3 aromatic rings. The van der Waals surface area contributed by atoms with Gasteiger partial charge in [0.15, 0.2) is 5.78 Å². The number of halogens is 1. The fraction of sp³-hybridized carbons (Fsp3) is 0.0952. The smallest absolute Gasteiger partial charge is 0.193 e. The molecule has 0 aliphatic rings. The molecule has 0 bridgehead atoms. The fourth-order valence-electron chi connectivity index (χ4n) is 2.36. The highest BCUT2D eigenvalue weighted by atomic mass is 35.5. The molecule has 0 aliphatic carbocycles. The van der Waals surface area contributed by atoms with Crippen LogP contribution in [0.2, 0.25) is 5.02 Å². The number of benzene rings is 3. The van der Waals surface area contributed by atoms with E-state index in [9.17, 15) is 4.79 Å². The van der Waals surface area contributed by atoms with Gasteiger partial charge in [0.25, 0.3) is 0 Å². The Morgan fingerprint density at radius 3 is 1.88 bits per heavy atom. The van der Waals surface area contributed by atoms with Crippen molar-refractivity contribution in [3.05, 3.63) is 94.0 Å². The van der Waals surface area contributed by atoms with E-state index in [2.05, 4.69) is 13.8 Å². The van der Waals surface area contributed by atoms with Crippen LogP contribution < -0.4 is 4.74 Å². The Morgan fingerprint density at radius 1 is 0.750 bits per heavy atom. The van der Waals surface area contributed by atoms with Crippen LogP contribution in [0.5, 0.6) is 11.5 Å². The van der Waals surface area contributed by atoms with Gasteiger partial charge in [0.2, 0.25) is 0 Å². The third kappa shape index (κ3) is 3.66. The quantitative estimate of drug-likeness (QED) is 0.548. The zero-order valence-corrected chi connectivity index (χ0v) is 14.3. The highest BCUT2D eigenvalue weighted by molar-refractivity contribution is 6.30. The van der Waals surface area contributed by atoms with Gasteiger partial charge in [0, 0.05) is 16.1 Å². The molecule has 3 aromatic carbocycles. The summed E-state index contributed by atoms with van der Waals surface area (Å²) in [7, 11) is 0. The van der Waals surface area contributed by atoms with Gasteiger partial charge in [0.05, 0.1) is 0 Å². The van der Waals surface area contributed by atoms with Crippen LogP contribution in [0.1, 0.15) is 27.0 Å². The molecule has 0 aliphatic heterocycles. The second-order valence-electron chi connectivity index (χ2n) is 5.71. The van der Waals surface area contributed by atoms with E-state index in [1.165, 1.54) is 11.1 Å². The number of rotatable bonds is 4. The van der Waals surface area contributed by atoms with Crippen LogP contribution in [0, 0.1) is 13.8 Å². The highest BCUT2D eigenvalue weighted by Crippen LogP contribution is 2.24. The lowest BCUT2D eigenvalue weighted by Gasteiger charge is -2.08. The molecule has 0 unspecified atom stereocenters. The minimum atomic E-state index is -0.0376. The van der Waals surface area contributed by atoms with Crippen molar-refractivity contribution in [2.24, 2.45) is 0 Å². The number of carbonyl (C=O) groups is 1. The van der Waals surface area contributed by atoms with Crippen LogP contribution in [-0.4, -0.2) is 5.78 Å². The van der Waals surface area contributed by atoms with E-state index in [1.54, 1.807) is 48.5 Å². The van der Waals surface area contributed by atoms with Crippen molar-refractivity contribution in [1.82, 2.24) is 0 Å². The van der Waals surface area contributed by atoms with E-state index in [-0.39, 0.29) is 5.78 Å². The molecular weight excluding hydrogens is 320 g/mol. The molecule has 2 nitrogen and oxygen atoms in total. The summed E-state index contributed by atoms with van der Waals surface area (Å²) in [5, 5.41) is 0.615. The standard InChI is InChI=1S/C21H17ClO2/c1-14-3-10-20(13-15(14)2)24-19-11-6-17(7-12-19)21(23)16-4-8-18(22)9-5-16/h3-13H,1-2H3. The Morgan fingerprint density at radius 2 is 1.29 bits per heavy atom. The van der Waals surface area contributed by atoms with E-state index in [1.807, 2.05) is 18.2 Å². The molecule has 3 rings (SSSR count). The first-order valence-electron chi connectivity index (χ1n) is 7.68. The molecule has 0 saturated heterocycles. The third-order valence-electron chi connectivity index (χ3n) is 3.94. The lowest BCUT2D eigenvalue weighted by molar-refractivity contribution is 0.103. The van der Waals surface area contributed by atoms with Gasteiger partial charge in [-0.05, 0) is 85.6 Å². The molecule has 0 N–H and O–H groups in total. The number of hydrogen-bond donors (Lipinski definition) is 0. The van der Waals surface area contributed by atoms with Crippen molar-refractivity contribution in [3.63, 3.8) is 0 Å². The summed E-state index contributed by atoms with van der Waals surface area (Å²) in [6, 6.07) is 20.0. The first-order chi connectivity index (χ1) is 11.5. The predicted octanol–water partition coefficient (Wildman–Crippen LogP) is 5.98. The van der Waals surface area contributed by atoms with Gasteiger partial charge < -0.3 is 4.74 Å². The SMILES string of the molecule is Cc1ccc(Oc2ccc(C(=O)c3ccc(Cl)cc3)cc2)cc1C. The lowest BCUT2D eigenvalue weighted by atomic mass is 10.0. The number of hydrogen-bond acceptors (Lipinski definition) is 2. The van der Waals surface area contributed by atoms with Crippen molar-refractivity contribution >= 4 is 17.4 Å². The van der Waals surface area contributed by atoms with E-state index in [0.29, 0.717) is 21.9 Å². The van der Waals surface area contributed by atoms with E-state index >= 15 is 0 Å². The van der Waals surface area contributed by atoms with Crippen LogP contribution >= 0.6 is 11.6 Å². The molecule has 0 saturated carbocycles. The maximum Gasteiger partial charge on any atom is 0.193 e.